The second-order valence-electron chi connectivity index (χ2n) is 7.33. The summed E-state index contributed by atoms with van der Waals surface area (Å²) in [5.74, 6) is 0.377. The minimum Gasteiger partial charge on any atom is -0.483 e. The molecule has 0 radical (unpaired) electrons. The van der Waals surface area contributed by atoms with Gasteiger partial charge in [-0.15, -0.1) is 0 Å². The Kier molecular flexibility index (Phi) is 7.32. The van der Waals surface area contributed by atoms with E-state index < -0.39 is 10.0 Å². The van der Waals surface area contributed by atoms with Gasteiger partial charge in [0.2, 0.25) is 5.95 Å². The number of amides is 1. The molecule has 32 heavy (non-hydrogen) atoms. The summed E-state index contributed by atoms with van der Waals surface area (Å²) in [5, 5.41) is 3.33. The normalized spacial score (nSPS) is 11.3. The molecule has 0 aliphatic heterocycles. The van der Waals surface area contributed by atoms with E-state index in [-0.39, 0.29) is 29.3 Å². The Labute approximate surface area is 192 Å². The zero-order chi connectivity index (χ0) is 23.3. The van der Waals surface area contributed by atoms with Crippen LogP contribution in [0, 0.1) is 6.92 Å². The number of carbonyl (C=O) groups excluding carboxylic acids is 1. The molecule has 0 aliphatic rings. The third-order valence-electron chi connectivity index (χ3n) is 4.51. The number of benzene rings is 2. The molecule has 0 bridgehead atoms. The number of nitrogens with one attached hydrogen (secondary N) is 2. The smallest absolute Gasteiger partial charge is 0.264 e. The average molecular weight is 475 g/mol. The summed E-state index contributed by atoms with van der Waals surface area (Å²) >= 11 is 6.20. The van der Waals surface area contributed by atoms with E-state index in [1.54, 1.807) is 6.07 Å². The quantitative estimate of drug-likeness (QED) is 0.501. The summed E-state index contributed by atoms with van der Waals surface area (Å²) in [7, 11) is -3.85. The lowest BCUT2D eigenvalue weighted by Crippen LogP contribution is -2.21. The van der Waals surface area contributed by atoms with Gasteiger partial charge in [-0.2, -0.15) is 0 Å². The maximum absolute atomic E-state index is 12.4. The Morgan fingerprint density at radius 1 is 1.12 bits per heavy atom. The third-order valence-corrected chi connectivity index (χ3v) is 6.26. The van der Waals surface area contributed by atoms with E-state index >= 15 is 0 Å². The first-order chi connectivity index (χ1) is 15.2. The first-order valence-electron chi connectivity index (χ1n) is 9.78. The van der Waals surface area contributed by atoms with Crippen LogP contribution >= 0.6 is 11.6 Å². The lowest BCUT2D eigenvalue weighted by atomic mass is 10.0. The molecule has 1 amide bonds. The van der Waals surface area contributed by atoms with Crippen LogP contribution in [-0.2, 0) is 14.8 Å². The molecule has 168 valence electrons. The fraction of sp³-hybridized carbons (Fsp3) is 0.227. The topological polar surface area (TPSA) is 110 Å². The van der Waals surface area contributed by atoms with Gasteiger partial charge >= 0.3 is 0 Å². The van der Waals surface area contributed by atoms with Gasteiger partial charge < -0.3 is 10.1 Å². The minimum absolute atomic E-state index is 0.0115. The molecule has 0 spiro atoms. The van der Waals surface area contributed by atoms with Gasteiger partial charge in [0.05, 0.1) is 4.90 Å². The van der Waals surface area contributed by atoms with E-state index in [2.05, 4.69) is 20.0 Å². The van der Waals surface area contributed by atoms with Crippen molar-refractivity contribution in [1.29, 1.82) is 0 Å². The van der Waals surface area contributed by atoms with Crippen molar-refractivity contribution >= 4 is 39.2 Å². The molecule has 0 saturated heterocycles. The average Bonchev–Trinajstić information content (AvgIpc) is 2.75. The SMILES string of the molecule is Cc1cc(OCC(=O)Nc2ccc(S(=O)(=O)Nc3ncccn3)cc2)c(C(C)C)cc1Cl. The predicted molar refractivity (Wildman–Crippen MR) is 124 cm³/mol. The lowest BCUT2D eigenvalue weighted by Gasteiger charge is -2.16. The van der Waals surface area contributed by atoms with Crippen molar-refractivity contribution in [2.24, 2.45) is 0 Å². The molecule has 1 heterocycles. The number of nitrogens with zero attached hydrogens (tertiary/aromatic N) is 2. The highest BCUT2D eigenvalue weighted by Gasteiger charge is 2.16. The van der Waals surface area contributed by atoms with Gasteiger partial charge in [0.25, 0.3) is 15.9 Å². The van der Waals surface area contributed by atoms with Crippen molar-refractivity contribution in [3.05, 3.63) is 71.0 Å². The van der Waals surface area contributed by atoms with Gasteiger partial charge in [-0.3, -0.25) is 4.79 Å². The summed E-state index contributed by atoms with van der Waals surface area (Å²) in [6.07, 6.45) is 2.86. The molecule has 0 fully saturated rings. The van der Waals surface area contributed by atoms with Gasteiger partial charge in [0.1, 0.15) is 5.75 Å². The van der Waals surface area contributed by atoms with Crippen molar-refractivity contribution in [1.82, 2.24) is 9.97 Å². The Balaban J connectivity index is 1.62. The molecule has 8 nitrogen and oxygen atoms in total. The van der Waals surface area contributed by atoms with Gasteiger partial charge in [-0.1, -0.05) is 25.4 Å². The Bertz CT molecular complexity index is 1200. The fourth-order valence-electron chi connectivity index (χ4n) is 2.84. The van der Waals surface area contributed by atoms with Crippen molar-refractivity contribution in [3.8, 4) is 5.75 Å². The van der Waals surface area contributed by atoms with Crippen LogP contribution in [0.1, 0.15) is 30.9 Å². The first-order valence-corrected chi connectivity index (χ1v) is 11.6. The van der Waals surface area contributed by atoms with E-state index in [1.807, 2.05) is 32.9 Å². The highest BCUT2D eigenvalue weighted by Crippen LogP contribution is 2.32. The van der Waals surface area contributed by atoms with Crippen molar-refractivity contribution in [3.63, 3.8) is 0 Å². The predicted octanol–water partition coefficient (Wildman–Crippen LogP) is 4.38. The lowest BCUT2D eigenvalue weighted by molar-refractivity contribution is -0.118. The van der Waals surface area contributed by atoms with Gasteiger partial charge in [0.15, 0.2) is 6.61 Å². The number of carbonyl (C=O) groups is 1. The van der Waals surface area contributed by atoms with Crippen LogP contribution < -0.4 is 14.8 Å². The number of halogens is 1. The molecular formula is C22H23ClN4O4S. The van der Waals surface area contributed by atoms with Crippen molar-refractivity contribution in [2.75, 3.05) is 16.6 Å². The Morgan fingerprint density at radius 2 is 1.78 bits per heavy atom. The molecule has 0 saturated carbocycles. The number of anilines is 2. The van der Waals surface area contributed by atoms with E-state index in [4.69, 9.17) is 16.3 Å². The number of ether oxygens (including phenoxy) is 1. The Hall–Kier alpha value is -3.17. The summed E-state index contributed by atoms with van der Waals surface area (Å²) in [6, 6.07) is 11.0. The summed E-state index contributed by atoms with van der Waals surface area (Å²) in [4.78, 5) is 20.0. The molecule has 3 rings (SSSR count). The van der Waals surface area contributed by atoms with Crippen LogP contribution in [0.15, 0.2) is 59.8 Å². The highest BCUT2D eigenvalue weighted by atomic mass is 35.5. The van der Waals surface area contributed by atoms with E-state index in [1.165, 1.54) is 36.7 Å². The van der Waals surface area contributed by atoms with Crippen molar-refractivity contribution < 1.29 is 17.9 Å². The number of aryl methyl sites for hydroxylation is 1. The maximum Gasteiger partial charge on any atom is 0.264 e. The molecule has 1 aromatic heterocycles. The second-order valence-corrected chi connectivity index (χ2v) is 9.42. The van der Waals surface area contributed by atoms with Crippen LogP contribution in [0.2, 0.25) is 5.02 Å². The molecular weight excluding hydrogens is 452 g/mol. The molecule has 3 aromatic rings. The van der Waals surface area contributed by atoms with Crippen LogP contribution in [0.5, 0.6) is 5.75 Å². The zero-order valence-electron chi connectivity index (χ0n) is 17.8. The summed E-state index contributed by atoms with van der Waals surface area (Å²) < 4.78 is 32.9. The molecule has 0 aliphatic carbocycles. The highest BCUT2D eigenvalue weighted by molar-refractivity contribution is 7.92. The van der Waals surface area contributed by atoms with Crippen LogP contribution in [0.25, 0.3) is 0 Å². The monoisotopic (exact) mass is 474 g/mol. The Morgan fingerprint density at radius 3 is 2.41 bits per heavy atom. The fourth-order valence-corrected chi connectivity index (χ4v) is 3.97. The largest absolute Gasteiger partial charge is 0.483 e. The van der Waals surface area contributed by atoms with E-state index in [9.17, 15) is 13.2 Å². The number of sulfonamides is 1. The summed E-state index contributed by atoms with van der Waals surface area (Å²) in [5.41, 5.74) is 2.21. The molecule has 10 heteroatoms. The van der Waals surface area contributed by atoms with Crippen LogP contribution in [0.4, 0.5) is 11.6 Å². The first kappa shape index (κ1) is 23.5. The third kappa shape index (κ3) is 5.95. The summed E-state index contributed by atoms with van der Waals surface area (Å²) in [6.45, 7) is 5.70. The van der Waals surface area contributed by atoms with Crippen molar-refractivity contribution in [2.45, 2.75) is 31.6 Å². The van der Waals surface area contributed by atoms with Gasteiger partial charge in [0, 0.05) is 23.1 Å². The number of aromatic nitrogens is 2. The van der Waals surface area contributed by atoms with Crippen LogP contribution in [-0.4, -0.2) is 30.9 Å². The van der Waals surface area contributed by atoms with Gasteiger partial charge in [-0.25, -0.2) is 23.1 Å². The number of hydrogen-bond acceptors (Lipinski definition) is 6. The van der Waals surface area contributed by atoms with Gasteiger partial charge in [-0.05, 0) is 66.4 Å². The van der Waals surface area contributed by atoms with Crippen LogP contribution in [0.3, 0.4) is 0 Å². The molecule has 0 atom stereocenters. The molecule has 0 unspecified atom stereocenters. The molecule has 2 N–H and O–H groups in total. The number of rotatable bonds is 8. The molecule has 2 aromatic carbocycles. The van der Waals surface area contributed by atoms with E-state index in [0.717, 1.165) is 11.1 Å². The standard InChI is InChI=1S/C22H23ClN4O4S/c1-14(2)18-12-19(23)15(3)11-20(18)31-13-21(28)26-16-5-7-17(8-6-16)32(29,30)27-22-24-9-4-10-25-22/h4-12,14H,13H2,1-3H3,(H,26,28)(H,24,25,27). The zero-order valence-corrected chi connectivity index (χ0v) is 19.4. The minimum atomic E-state index is -3.85. The number of hydrogen-bond donors (Lipinski definition) is 2. The maximum atomic E-state index is 12.4. The second kappa shape index (κ2) is 9.97. The van der Waals surface area contributed by atoms with E-state index in [0.29, 0.717) is 16.5 Å².